The number of halogens is 1. The van der Waals surface area contributed by atoms with Crippen molar-refractivity contribution in [1.29, 1.82) is 0 Å². The van der Waals surface area contributed by atoms with Crippen LogP contribution in [0.4, 0.5) is 10.2 Å². The van der Waals surface area contributed by atoms with Gasteiger partial charge in [0.05, 0.1) is 5.69 Å². The maximum atomic E-state index is 13.5. The summed E-state index contributed by atoms with van der Waals surface area (Å²) in [6, 6.07) is 7.08. The van der Waals surface area contributed by atoms with Gasteiger partial charge in [0.25, 0.3) is 0 Å². The molecule has 3 nitrogen and oxygen atoms in total. The lowest BCUT2D eigenvalue weighted by atomic mass is 10.1. The predicted octanol–water partition coefficient (Wildman–Crippen LogP) is 3.59. The molecule has 0 amide bonds. The Bertz CT molecular complexity index is 532. The van der Waals surface area contributed by atoms with Crippen LogP contribution in [-0.4, -0.2) is 16.7 Å². The zero-order valence-electron chi connectivity index (χ0n) is 10.9. The van der Waals surface area contributed by atoms with E-state index in [9.17, 15) is 4.39 Å². The fourth-order valence-electron chi connectivity index (χ4n) is 1.63. The largest absolute Gasteiger partial charge is 0.368 e. The van der Waals surface area contributed by atoms with Crippen LogP contribution in [0.2, 0.25) is 0 Å². The van der Waals surface area contributed by atoms with Gasteiger partial charge in [0, 0.05) is 18.2 Å². The second-order valence-electron chi connectivity index (χ2n) is 4.91. The van der Waals surface area contributed by atoms with E-state index >= 15 is 0 Å². The van der Waals surface area contributed by atoms with Gasteiger partial charge in [0.1, 0.15) is 11.6 Å². The van der Waals surface area contributed by atoms with E-state index in [0.29, 0.717) is 11.5 Å². The summed E-state index contributed by atoms with van der Waals surface area (Å²) < 4.78 is 13.5. The molecule has 0 atom stereocenters. The summed E-state index contributed by atoms with van der Waals surface area (Å²) in [5.74, 6) is 1.15. The SMILES string of the molecule is Cc1ccc(-c2cc(NCC(C)C)n[nH]2)cc1F. The van der Waals surface area contributed by atoms with Crippen LogP contribution in [-0.2, 0) is 0 Å². The molecular weight excluding hydrogens is 229 g/mol. The number of hydrogen-bond acceptors (Lipinski definition) is 2. The molecule has 1 heterocycles. The molecule has 0 fully saturated rings. The van der Waals surface area contributed by atoms with Crippen molar-refractivity contribution in [3.63, 3.8) is 0 Å². The highest BCUT2D eigenvalue weighted by molar-refractivity contribution is 5.63. The quantitative estimate of drug-likeness (QED) is 0.866. The first-order chi connectivity index (χ1) is 8.56. The lowest BCUT2D eigenvalue weighted by molar-refractivity contribution is 0.619. The third kappa shape index (κ3) is 2.88. The maximum absolute atomic E-state index is 13.5. The van der Waals surface area contributed by atoms with Gasteiger partial charge in [-0.3, -0.25) is 5.10 Å². The molecule has 0 aliphatic rings. The van der Waals surface area contributed by atoms with E-state index in [2.05, 4.69) is 29.4 Å². The lowest BCUT2D eigenvalue weighted by Gasteiger charge is -2.04. The molecule has 96 valence electrons. The molecule has 0 aliphatic heterocycles. The number of H-pyrrole nitrogens is 1. The molecule has 4 heteroatoms. The van der Waals surface area contributed by atoms with Gasteiger partial charge in [0.2, 0.25) is 0 Å². The number of rotatable bonds is 4. The molecule has 1 aromatic heterocycles. The zero-order chi connectivity index (χ0) is 13.1. The molecule has 2 N–H and O–H groups in total. The van der Waals surface area contributed by atoms with E-state index in [1.165, 1.54) is 6.07 Å². The summed E-state index contributed by atoms with van der Waals surface area (Å²) in [5, 5.41) is 10.3. The van der Waals surface area contributed by atoms with Gasteiger partial charge in [-0.1, -0.05) is 26.0 Å². The number of aromatic amines is 1. The first kappa shape index (κ1) is 12.6. The maximum Gasteiger partial charge on any atom is 0.148 e. The third-order valence-corrected chi connectivity index (χ3v) is 2.75. The van der Waals surface area contributed by atoms with Crippen molar-refractivity contribution in [2.24, 2.45) is 5.92 Å². The van der Waals surface area contributed by atoms with E-state index in [4.69, 9.17) is 0 Å². The van der Waals surface area contributed by atoms with Crippen molar-refractivity contribution in [3.8, 4) is 11.3 Å². The summed E-state index contributed by atoms with van der Waals surface area (Å²) in [5.41, 5.74) is 2.28. The van der Waals surface area contributed by atoms with Gasteiger partial charge in [-0.25, -0.2) is 4.39 Å². The predicted molar refractivity (Wildman–Crippen MR) is 72.0 cm³/mol. The van der Waals surface area contributed by atoms with Crippen LogP contribution in [0.15, 0.2) is 24.3 Å². The number of aryl methyl sites for hydroxylation is 1. The van der Waals surface area contributed by atoms with Crippen molar-refractivity contribution in [2.45, 2.75) is 20.8 Å². The molecule has 0 spiro atoms. The van der Waals surface area contributed by atoms with Crippen LogP contribution >= 0.6 is 0 Å². The van der Waals surface area contributed by atoms with Gasteiger partial charge >= 0.3 is 0 Å². The topological polar surface area (TPSA) is 40.7 Å². The zero-order valence-corrected chi connectivity index (χ0v) is 10.9. The minimum absolute atomic E-state index is 0.196. The summed E-state index contributed by atoms with van der Waals surface area (Å²) in [6.07, 6.45) is 0. The summed E-state index contributed by atoms with van der Waals surface area (Å²) in [7, 11) is 0. The number of nitrogens with zero attached hydrogens (tertiary/aromatic N) is 1. The monoisotopic (exact) mass is 247 g/mol. The molecular formula is C14H18FN3. The molecule has 0 bridgehead atoms. The highest BCUT2D eigenvalue weighted by atomic mass is 19.1. The lowest BCUT2D eigenvalue weighted by Crippen LogP contribution is -2.07. The van der Waals surface area contributed by atoms with E-state index in [0.717, 1.165) is 23.6 Å². The van der Waals surface area contributed by atoms with Crippen molar-refractivity contribution < 1.29 is 4.39 Å². The Hall–Kier alpha value is -1.84. The molecule has 2 rings (SSSR count). The highest BCUT2D eigenvalue weighted by Gasteiger charge is 2.06. The van der Waals surface area contributed by atoms with Crippen molar-refractivity contribution in [2.75, 3.05) is 11.9 Å². The molecule has 0 unspecified atom stereocenters. The Balaban J connectivity index is 2.16. The molecule has 2 aromatic rings. The average Bonchev–Trinajstić information content (AvgIpc) is 2.79. The minimum atomic E-state index is -0.196. The van der Waals surface area contributed by atoms with Crippen LogP contribution in [0, 0.1) is 18.7 Å². The minimum Gasteiger partial charge on any atom is -0.368 e. The molecule has 18 heavy (non-hydrogen) atoms. The summed E-state index contributed by atoms with van der Waals surface area (Å²) >= 11 is 0. The fourth-order valence-corrected chi connectivity index (χ4v) is 1.63. The molecule has 1 aromatic carbocycles. The second kappa shape index (κ2) is 5.21. The van der Waals surface area contributed by atoms with E-state index in [1.54, 1.807) is 13.0 Å². The average molecular weight is 247 g/mol. The Morgan fingerprint density at radius 2 is 2.11 bits per heavy atom. The van der Waals surface area contributed by atoms with Gasteiger partial charge in [-0.2, -0.15) is 5.10 Å². The Morgan fingerprint density at radius 3 is 2.78 bits per heavy atom. The first-order valence-electron chi connectivity index (χ1n) is 6.12. The summed E-state index contributed by atoms with van der Waals surface area (Å²) in [6.45, 7) is 6.89. The van der Waals surface area contributed by atoms with Gasteiger partial charge in [-0.15, -0.1) is 0 Å². The van der Waals surface area contributed by atoms with Crippen molar-refractivity contribution >= 4 is 5.82 Å². The van der Waals surface area contributed by atoms with Crippen LogP contribution in [0.25, 0.3) is 11.3 Å². The van der Waals surface area contributed by atoms with E-state index < -0.39 is 0 Å². The van der Waals surface area contributed by atoms with Crippen LogP contribution < -0.4 is 5.32 Å². The van der Waals surface area contributed by atoms with Gasteiger partial charge in [0.15, 0.2) is 0 Å². The van der Waals surface area contributed by atoms with Gasteiger partial charge in [-0.05, 0) is 24.5 Å². The summed E-state index contributed by atoms with van der Waals surface area (Å²) in [4.78, 5) is 0. The normalized spacial score (nSPS) is 10.9. The fraction of sp³-hybridized carbons (Fsp3) is 0.357. The standard InChI is InChI=1S/C14H18FN3/c1-9(2)8-16-14-7-13(17-18-14)11-5-4-10(3)12(15)6-11/h4-7,9H,8H2,1-3H3,(H2,16,17,18). The Labute approximate surface area is 106 Å². The van der Waals surface area contributed by atoms with Gasteiger partial charge < -0.3 is 5.32 Å². The second-order valence-corrected chi connectivity index (χ2v) is 4.91. The first-order valence-corrected chi connectivity index (χ1v) is 6.12. The molecule has 0 saturated heterocycles. The molecule has 0 aliphatic carbocycles. The van der Waals surface area contributed by atoms with E-state index in [1.807, 2.05) is 12.1 Å². The van der Waals surface area contributed by atoms with Crippen LogP contribution in [0.1, 0.15) is 19.4 Å². The van der Waals surface area contributed by atoms with Crippen LogP contribution in [0.5, 0.6) is 0 Å². The number of aromatic nitrogens is 2. The van der Waals surface area contributed by atoms with E-state index in [-0.39, 0.29) is 5.82 Å². The van der Waals surface area contributed by atoms with Crippen LogP contribution in [0.3, 0.4) is 0 Å². The Kier molecular flexibility index (Phi) is 3.65. The number of hydrogen-bond donors (Lipinski definition) is 2. The number of benzene rings is 1. The third-order valence-electron chi connectivity index (χ3n) is 2.75. The molecule has 0 radical (unpaired) electrons. The number of nitrogens with one attached hydrogen (secondary N) is 2. The molecule has 0 saturated carbocycles. The smallest absolute Gasteiger partial charge is 0.148 e. The van der Waals surface area contributed by atoms with Crippen molar-refractivity contribution in [1.82, 2.24) is 10.2 Å². The Morgan fingerprint density at radius 1 is 1.33 bits per heavy atom. The number of anilines is 1. The van der Waals surface area contributed by atoms with Crippen molar-refractivity contribution in [3.05, 3.63) is 35.6 Å². The highest BCUT2D eigenvalue weighted by Crippen LogP contribution is 2.22.